The van der Waals surface area contributed by atoms with Crippen LogP contribution in [0.15, 0.2) is 53.7 Å². The Morgan fingerprint density at radius 2 is 1.83 bits per heavy atom. The molecule has 0 aliphatic heterocycles. The molecule has 2 rings (SSSR count). The number of hydrogen-bond donors (Lipinski definition) is 1. The molecule has 0 saturated heterocycles. The Bertz CT molecular complexity index is 719. The Hall–Kier alpha value is -2.69. The maximum absolute atomic E-state index is 12.8. The molecule has 1 N–H and O–H groups in total. The smallest absolute Gasteiger partial charge is 0.265 e. The molecule has 0 heterocycles. The van der Waals surface area contributed by atoms with Crippen LogP contribution in [0.5, 0.6) is 0 Å². The molecule has 0 radical (unpaired) electrons. The summed E-state index contributed by atoms with van der Waals surface area (Å²) < 4.78 is 12.8. The second-order valence-electron chi connectivity index (χ2n) is 6.40. The third-order valence-corrected chi connectivity index (χ3v) is 3.35. The number of para-hydroxylation sites is 1. The van der Waals surface area contributed by atoms with Gasteiger partial charge in [-0.3, -0.25) is 4.79 Å². The molecule has 0 aliphatic rings. The maximum atomic E-state index is 12.8. The number of benzene rings is 2. The third kappa shape index (κ3) is 5.19. The summed E-state index contributed by atoms with van der Waals surface area (Å²) in [6.45, 7) is 6.06. The number of hydrogen-bond acceptors (Lipinski definition) is 3. The Balaban J connectivity index is 1.89. The van der Waals surface area contributed by atoms with Gasteiger partial charge in [-0.25, -0.2) is 4.39 Å². The van der Waals surface area contributed by atoms with Crippen molar-refractivity contribution in [1.82, 2.24) is 0 Å². The SMILES string of the molecule is CC(C)(C)c1ccccc1NC(=O)CO/N=C/c1ccc(F)cc1. The van der Waals surface area contributed by atoms with Gasteiger partial charge in [-0.15, -0.1) is 0 Å². The molecule has 0 bridgehead atoms. The van der Waals surface area contributed by atoms with E-state index >= 15 is 0 Å². The molecular weight excluding hydrogens is 307 g/mol. The minimum Gasteiger partial charge on any atom is -0.386 e. The van der Waals surface area contributed by atoms with E-state index < -0.39 is 0 Å². The van der Waals surface area contributed by atoms with E-state index in [1.165, 1.54) is 18.3 Å². The standard InChI is InChI=1S/C19H21FN2O2/c1-19(2,3)16-6-4-5-7-17(16)22-18(23)13-24-21-12-14-8-10-15(20)11-9-14/h4-12H,13H2,1-3H3,(H,22,23)/b21-12+. The van der Waals surface area contributed by atoms with Crippen LogP contribution in [0.25, 0.3) is 0 Å². The van der Waals surface area contributed by atoms with E-state index in [-0.39, 0.29) is 23.7 Å². The van der Waals surface area contributed by atoms with Gasteiger partial charge in [0.1, 0.15) is 5.82 Å². The summed E-state index contributed by atoms with van der Waals surface area (Å²) in [4.78, 5) is 17.0. The molecule has 2 aromatic carbocycles. The van der Waals surface area contributed by atoms with Gasteiger partial charge in [0.15, 0.2) is 6.61 Å². The summed E-state index contributed by atoms with van der Waals surface area (Å²) in [5.41, 5.74) is 2.43. The molecular formula is C19H21FN2O2. The predicted molar refractivity (Wildman–Crippen MR) is 93.7 cm³/mol. The molecule has 5 heteroatoms. The van der Waals surface area contributed by atoms with Crippen molar-refractivity contribution in [3.05, 3.63) is 65.5 Å². The van der Waals surface area contributed by atoms with E-state index in [1.54, 1.807) is 12.1 Å². The lowest BCUT2D eigenvalue weighted by Gasteiger charge is -2.22. The van der Waals surface area contributed by atoms with Gasteiger partial charge in [-0.1, -0.05) is 56.3 Å². The zero-order chi connectivity index (χ0) is 17.6. The number of nitrogens with one attached hydrogen (secondary N) is 1. The van der Waals surface area contributed by atoms with Crippen LogP contribution in [-0.2, 0) is 15.0 Å². The van der Waals surface area contributed by atoms with Gasteiger partial charge in [0.25, 0.3) is 5.91 Å². The van der Waals surface area contributed by atoms with Crippen LogP contribution in [0.3, 0.4) is 0 Å². The molecule has 24 heavy (non-hydrogen) atoms. The summed E-state index contributed by atoms with van der Waals surface area (Å²) in [6, 6.07) is 13.5. The van der Waals surface area contributed by atoms with E-state index in [1.807, 2.05) is 24.3 Å². The average molecular weight is 328 g/mol. The average Bonchev–Trinajstić information content (AvgIpc) is 2.53. The fourth-order valence-electron chi connectivity index (χ4n) is 2.18. The number of oxime groups is 1. The van der Waals surface area contributed by atoms with Crippen LogP contribution >= 0.6 is 0 Å². The van der Waals surface area contributed by atoms with E-state index in [9.17, 15) is 9.18 Å². The Labute approximate surface area is 141 Å². The zero-order valence-electron chi connectivity index (χ0n) is 14.0. The third-order valence-electron chi connectivity index (χ3n) is 3.35. The highest BCUT2D eigenvalue weighted by molar-refractivity contribution is 5.92. The lowest BCUT2D eigenvalue weighted by atomic mass is 9.86. The number of halogens is 1. The normalized spacial score (nSPS) is 11.5. The first-order valence-electron chi connectivity index (χ1n) is 7.66. The minimum atomic E-state index is -0.315. The molecule has 0 aromatic heterocycles. The highest BCUT2D eigenvalue weighted by Gasteiger charge is 2.18. The van der Waals surface area contributed by atoms with Crippen molar-refractivity contribution in [3.8, 4) is 0 Å². The quantitative estimate of drug-likeness (QED) is 0.663. The van der Waals surface area contributed by atoms with Crippen LogP contribution in [0.1, 0.15) is 31.9 Å². The molecule has 0 atom stereocenters. The highest BCUT2D eigenvalue weighted by atomic mass is 19.1. The van der Waals surface area contributed by atoms with Crippen LogP contribution in [-0.4, -0.2) is 18.7 Å². The van der Waals surface area contributed by atoms with Gasteiger partial charge in [0, 0.05) is 5.69 Å². The van der Waals surface area contributed by atoms with Crippen molar-refractivity contribution in [2.45, 2.75) is 26.2 Å². The largest absolute Gasteiger partial charge is 0.386 e. The first-order valence-corrected chi connectivity index (χ1v) is 7.66. The van der Waals surface area contributed by atoms with Crippen molar-refractivity contribution in [1.29, 1.82) is 0 Å². The number of anilines is 1. The lowest BCUT2D eigenvalue weighted by molar-refractivity contribution is -0.120. The number of amides is 1. The van der Waals surface area contributed by atoms with Gasteiger partial charge >= 0.3 is 0 Å². The fourth-order valence-corrected chi connectivity index (χ4v) is 2.18. The predicted octanol–water partition coefficient (Wildman–Crippen LogP) is 4.11. The highest BCUT2D eigenvalue weighted by Crippen LogP contribution is 2.29. The van der Waals surface area contributed by atoms with Crippen LogP contribution in [0.4, 0.5) is 10.1 Å². The monoisotopic (exact) mass is 328 g/mol. The lowest BCUT2D eigenvalue weighted by Crippen LogP contribution is -2.21. The fraction of sp³-hybridized carbons (Fsp3) is 0.263. The van der Waals surface area contributed by atoms with Crippen molar-refractivity contribution in [2.75, 3.05) is 11.9 Å². The first-order chi connectivity index (χ1) is 11.4. The summed E-state index contributed by atoms with van der Waals surface area (Å²) in [6.07, 6.45) is 1.43. The van der Waals surface area contributed by atoms with Crippen molar-refractivity contribution >= 4 is 17.8 Å². The van der Waals surface area contributed by atoms with Crippen molar-refractivity contribution < 1.29 is 14.0 Å². The number of nitrogens with zero attached hydrogens (tertiary/aromatic N) is 1. The second kappa shape index (κ2) is 7.73. The second-order valence-corrected chi connectivity index (χ2v) is 6.40. The summed E-state index contributed by atoms with van der Waals surface area (Å²) in [7, 11) is 0. The van der Waals surface area contributed by atoms with E-state index in [0.717, 1.165) is 11.3 Å². The van der Waals surface area contributed by atoms with Gasteiger partial charge < -0.3 is 10.2 Å². The minimum absolute atomic E-state index is 0.0779. The van der Waals surface area contributed by atoms with Crippen LogP contribution < -0.4 is 5.32 Å². The van der Waals surface area contributed by atoms with Gasteiger partial charge in [-0.05, 0) is 34.7 Å². The summed E-state index contributed by atoms with van der Waals surface area (Å²) in [5.74, 6) is -0.604. The van der Waals surface area contributed by atoms with Gasteiger partial charge in [0.05, 0.1) is 6.21 Å². The molecule has 4 nitrogen and oxygen atoms in total. The zero-order valence-corrected chi connectivity index (χ0v) is 14.0. The Morgan fingerprint density at radius 1 is 1.17 bits per heavy atom. The topological polar surface area (TPSA) is 50.7 Å². The molecule has 0 spiro atoms. The molecule has 126 valence electrons. The number of rotatable bonds is 5. The first kappa shape index (κ1) is 17.7. The molecule has 2 aromatic rings. The Morgan fingerprint density at radius 3 is 2.50 bits per heavy atom. The number of carbonyl (C=O) groups is 1. The van der Waals surface area contributed by atoms with Gasteiger partial charge in [0.2, 0.25) is 0 Å². The molecule has 0 fully saturated rings. The molecule has 0 unspecified atom stereocenters. The van der Waals surface area contributed by atoms with Crippen LogP contribution in [0, 0.1) is 5.82 Å². The van der Waals surface area contributed by atoms with E-state index in [2.05, 4.69) is 31.2 Å². The maximum Gasteiger partial charge on any atom is 0.265 e. The van der Waals surface area contributed by atoms with E-state index in [4.69, 9.17) is 4.84 Å². The molecule has 0 saturated carbocycles. The van der Waals surface area contributed by atoms with Crippen LogP contribution in [0.2, 0.25) is 0 Å². The van der Waals surface area contributed by atoms with Crippen molar-refractivity contribution in [2.24, 2.45) is 5.16 Å². The molecule has 0 aliphatic carbocycles. The summed E-state index contributed by atoms with van der Waals surface area (Å²) in [5, 5.41) is 6.55. The number of carbonyl (C=O) groups excluding carboxylic acids is 1. The van der Waals surface area contributed by atoms with Gasteiger partial charge in [-0.2, -0.15) is 0 Å². The van der Waals surface area contributed by atoms with E-state index in [0.29, 0.717) is 5.56 Å². The van der Waals surface area contributed by atoms with Crippen molar-refractivity contribution in [3.63, 3.8) is 0 Å². The Kier molecular flexibility index (Phi) is 5.68. The molecule has 1 amide bonds. The summed E-state index contributed by atoms with van der Waals surface area (Å²) >= 11 is 0.